The maximum atomic E-state index is 12.6. The summed E-state index contributed by atoms with van der Waals surface area (Å²) < 4.78 is 37.7. The van der Waals surface area contributed by atoms with Crippen LogP contribution < -0.4 is 10.2 Å². The molecule has 2 N–H and O–H groups in total. The molecule has 134 valence electrons. The highest BCUT2D eigenvalue weighted by Gasteiger charge is 2.32. The van der Waals surface area contributed by atoms with Gasteiger partial charge in [0, 0.05) is 32.0 Å². The van der Waals surface area contributed by atoms with E-state index in [-0.39, 0.29) is 11.8 Å². The van der Waals surface area contributed by atoms with E-state index in [1.807, 2.05) is 4.90 Å². The summed E-state index contributed by atoms with van der Waals surface area (Å²) in [4.78, 5) is 17.9. The van der Waals surface area contributed by atoms with E-state index in [0.29, 0.717) is 38.3 Å². The number of pyridine rings is 1. The monoisotopic (exact) mass is 353 g/mol. The van der Waals surface area contributed by atoms with Gasteiger partial charge in [-0.2, -0.15) is 18.3 Å². The van der Waals surface area contributed by atoms with Crippen LogP contribution in [0.1, 0.15) is 17.5 Å². The Balaban J connectivity index is 1.50. The third-order valence-corrected chi connectivity index (χ3v) is 4.23. The number of alkyl halides is 3. The average Bonchev–Trinajstić information content (AvgIpc) is 3.26. The molecule has 2 aromatic rings. The lowest BCUT2D eigenvalue weighted by atomic mass is 10.1. The lowest BCUT2D eigenvalue weighted by Gasteiger charge is -2.18. The minimum atomic E-state index is -4.39. The molecule has 0 saturated carbocycles. The standard InChI is InChI=1S/C16H18F3N5O/c17-16(18,19)13-1-2-14(21-9-13)24-6-4-12(10-24)15(25)20-5-3-11-7-22-23-8-11/h1-2,7-9,12H,3-6,10H2,(H,20,25)(H,22,23). The zero-order chi connectivity index (χ0) is 17.9. The maximum absolute atomic E-state index is 12.6. The minimum absolute atomic E-state index is 0.0436. The fourth-order valence-electron chi connectivity index (χ4n) is 2.81. The van der Waals surface area contributed by atoms with Crippen LogP contribution in [0.15, 0.2) is 30.7 Å². The number of aromatic amines is 1. The molecular weight excluding hydrogens is 335 g/mol. The Bertz CT molecular complexity index is 700. The van der Waals surface area contributed by atoms with Gasteiger partial charge in [-0.1, -0.05) is 0 Å². The number of aromatic nitrogens is 3. The van der Waals surface area contributed by atoms with Gasteiger partial charge in [0.25, 0.3) is 0 Å². The Morgan fingerprint density at radius 1 is 1.36 bits per heavy atom. The molecule has 1 amide bonds. The Hall–Kier alpha value is -2.58. The van der Waals surface area contributed by atoms with Crippen LogP contribution in [0.3, 0.4) is 0 Å². The molecule has 1 aliphatic rings. The molecule has 3 rings (SSSR count). The second-order valence-corrected chi connectivity index (χ2v) is 5.98. The van der Waals surface area contributed by atoms with Crippen LogP contribution in [-0.2, 0) is 17.4 Å². The third-order valence-electron chi connectivity index (χ3n) is 4.23. The molecule has 0 spiro atoms. The Morgan fingerprint density at radius 2 is 2.20 bits per heavy atom. The van der Waals surface area contributed by atoms with E-state index < -0.39 is 11.7 Å². The zero-order valence-electron chi connectivity index (χ0n) is 13.4. The van der Waals surface area contributed by atoms with Crippen molar-refractivity contribution in [3.63, 3.8) is 0 Å². The predicted octanol–water partition coefficient (Wildman–Crippen LogP) is 2.01. The van der Waals surface area contributed by atoms with Crippen molar-refractivity contribution in [1.82, 2.24) is 20.5 Å². The molecule has 1 fully saturated rings. The molecule has 1 unspecified atom stereocenters. The maximum Gasteiger partial charge on any atom is 0.417 e. The molecule has 2 aromatic heterocycles. The van der Waals surface area contributed by atoms with Crippen LogP contribution in [0.5, 0.6) is 0 Å². The van der Waals surface area contributed by atoms with Crippen molar-refractivity contribution in [3.8, 4) is 0 Å². The minimum Gasteiger partial charge on any atom is -0.356 e. The first-order chi connectivity index (χ1) is 11.9. The van der Waals surface area contributed by atoms with Crippen molar-refractivity contribution in [2.24, 2.45) is 5.92 Å². The third kappa shape index (κ3) is 4.28. The number of nitrogens with one attached hydrogen (secondary N) is 2. The molecule has 0 aliphatic carbocycles. The van der Waals surface area contributed by atoms with Crippen LogP contribution in [0, 0.1) is 5.92 Å². The summed E-state index contributed by atoms with van der Waals surface area (Å²) in [6.07, 6.45) is 1.26. The summed E-state index contributed by atoms with van der Waals surface area (Å²) in [6.45, 7) is 1.57. The highest BCUT2D eigenvalue weighted by Crippen LogP contribution is 2.30. The quantitative estimate of drug-likeness (QED) is 0.862. The predicted molar refractivity (Wildman–Crippen MR) is 84.9 cm³/mol. The number of hydrogen-bond acceptors (Lipinski definition) is 4. The van der Waals surface area contributed by atoms with Crippen molar-refractivity contribution in [1.29, 1.82) is 0 Å². The summed E-state index contributed by atoms with van der Waals surface area (Å²) >= 11 is 0. The molecule has 0 radical (unpaired) electrons. The average molecular weight is 353 g/mol. The van der Waals surface area contributed by atoms with Gasteiger partial charge in [-0.3, -0.25) is 9.89 Å². The number of nitrogens with zero attached hydrogens (tertiary/aromatic N) is 3. The number of carbonyl (C=O) groups is 1. The SMILES string of the molecule is O=C(NCCc1cn[nH]c1)C1CCN(c2ccc(C(F)(F)F)cn2)C1. The first kappa shape index (κ1) is 17.2. The largest absolute Gasteiger partial charge is 0.417 e. The van der Waals surface area contributed by atoms with Gasteiger partial charge < -0.3 is 10.2 Å². The summed E-state index contributed by atoms with van der Waals surface area (Å²) in [5.74, 6) is 0.230. The Kier molecular flexibility index (Phi) is 4.91. The smallest absolute Gasteiger partial charge is 0.356 e. The topological polar surface area (TPSA) is 73.9 Å². The molecule has 1 atom stereocenters. The van der Waals surface area contributed by atoms with Crippen LogP contribution in [-0.4, -0.2) is 40.7 Å². The van der Waals surface area contributed by atoms with Gasteiger partial charge in [-0.05, 0) is 30.5 Å². The molecule has 9 heteroatoms. The number of H-pyrrole nitrogens is 1. The zero-order valence-corrected chi connectivity index (χ0v) is 13.4. The van der Waals surface area contributed by atoms with E-state index in [0.717, 1.165) is 17.8 Å². The van der Waals surface area contributed by atoms with Gasteiger partial charge in [-0.25, -0.2) is 4.98 Å². The Labute approximate surface area is 142 Å². The van der Waals surface area contributed by atoms with Crippen molar-refractivity contribution in [2.45, 2.75) is 19.0 Å². The fraction of sp³-hybridized carbons (Fsp3) is 0.438. The van der Waals surface area contributed by atoms with Crippen molar-refractivity contribution < 1.29 is 18.0 Å². The summed E-state index contributed by atoms with van der Waals surface area (Å²) in [5.41, 5.74) is 0.242. The molecule has 0 aromatic carbocycles. The second-order valence-electron chi connectivity index (χ2n) is 5.98. The number of hydrogen-bond donors (Lipinski definition) is 2. The lowest BCUT2D eigenvalue weighted by Crippen LogP contribution is -2.34. The number of anilines is 1. The van der Waals surface area contributed by atoms with Crippen molar-refractivity contribution >= 4 is 11.7 Å². The van der Waals surface area contributed by atoms with E-state index in [9.17, 15) is 18.0 Å². The summed E-state index contributed by atoms with van der Waals surface area (Å²) in [5, 5.41) is 9.44. The van der Waals surface area contributed by atoms with E-state index in [1.54, 1.807) is 12.4 Å². The van der Waals surface area contributed by atoms with Gasteiger partial charge in [0.2, 0.25) is 5.91 Å². The highest BCUT2D eigenvalue weighted by atomic mass is 19.4. The molecule has 6 nitrogen and oxygen atoms in total. The van der Waals surface area contributed by atoms with Gasteiger partial charge in [-0.15, -0.1) is 0 Å². The van der Waals surface area contributed by atoms with Crippen LogP contribution >= 0.6 is 0 Å². The van der Waals surface area contributed by atoms with Gasteiger partial charge in [0.05, 0.1) is 17.7 Å². The fourth-order valence-corrected chi connectivity index (χ4v) is 2.81. The number of rotatable bonds is 5. The molecule has 25 heavy (non-hydrogen) atoms. The van der Waals surface area contributed by atoms with Crippen molar-refractivity contribution in [3.05, 3.63) is 41.9 Å². The number of halogens is 3. The first-order valence-electron chi connectivity index (χ1n) is 7.97. The van der Waals surface area contributed by atoms with E-state index in [1.165, 1.54) is 6.07 Å². The molecule has 3 heterocycles. The van der Waals surface area contributed by atoms with E-state index in [4.69, 9.17) is 0 Å². The van der Waals surface area contributed by atoms with Gasteiger partial charge in [0.1, 0.15) is 5.82 Å². The lowest BCUT2D eigenvalue weighted by molar-refractivity contribution is -0.137. The van der Waals surface area contributed by atoms with E-state index >= 15 is 0 Å². The molecule has 1 aliphatic heterocycles. The molecular formula is C16H18F3N5O. The van der Waals surface area contributed by atoms with Crippen LogP contribution in [0.2, 0.25) is 0 Å². The van der Waals surface area contributed by atoms with E-state index in [2.05, 4.69) is 20.5 Å². The highest BCUT2D eigenvalue weighted by molar-refractivity contribution is 5.80. The summed E-state index contributed by atoms with van der Waals surface area (Å²) in [6, 6.07) is 2.36. The first-order valence-corrected chi connectivity index (χ1v) is 7.97. The number of carbonyl (C=O) groups excluding carboxylic acids is 1. The molecule has 0 bridgehead atoms. The van der Waals surface area contributed by atoms with Gasteiger partial charge >= 0.3 is 6.18 Å². The normalized spacial score (nSPS) is 17.7. The Morgan fingerprint density at radius 3 is 2.84 bits per heavy atom. The number of amides is 1. The molecule has 1 saturated heterocycles. The summed E-state index contributed by atoms with van der Waals surface area (Å²) in [7, 11) is 0. The van der Waals surface area contributed by atoms with Crippen molar-refractivity contribution in [2.75, 3.05) is 24.5 Å². The second kappa shape index (κ2) is 7.12. The van der Waals surface area contributed by atoms with Gasteiger partial charge in [0.15, 0.2) is 0 Å². The van der Waals surface area contributed by atoms with Crippen LogP contribution in [0.25, 0.3) is 0 Å². The van der Waals surface area contributed by atoms with Crippen LogP contribution in [0.4, 0.5) is 19.0 Å².